The second-order valence-corrected chi connectivity index (χ2v) is 5.23. The molecule has 2 heterocycles. The Morgan fingerprint density at radius 2 is 2.24 bits per heavy atom. The molecule has 1 unspecified atom stereocenters. The maximum absolute atomic E-state index is 4.66. The van der Waals surface area contributed by atoms with Gasteiger partial charge in [0.2, 0.25) is 0 Å². The van der Waals surface area contributed by atoms with Crippen LogP contribution in [0.25, 0.3) is 0 Å². The third kappa shape index (κ3) is 2.89. The highest BCUT2D eigenvalue weighted by atomic mass is 15.3. The third-order valence-electron chi connectivity index (χ3n) is 4.03. The molecule has 17 heavy (non-hydrogen) atoms. The molecule has 0 aromatic carbocycles. The van der Waals surface area contributed by atoms with Crippen molar-refractivity contribution in [2.45, 2.75) is 53.0 Å². The molecule has 96 valence electrons. The Hall–Kier alpha value is -0.830. The van der Waals surface area contributed by atoms with Gasteiger partial charge in [-0.15, -0.1) is 0 Å². The Kier molecular flexibility index (Phi) is 4.21. The van der Waals surface area contributed by atoms with Crippen LogP contribution in [0.5, 0.6) is 0 Å². The van der Waals surface area contributed by atoms with Gasteiger partial charge in [0.05, 0.1) is 5.69 Å². The van der Waals surface area contributed by atoms with Crippen molar-refractivity contribution in [3.8, 4) is 0 Å². The van der Waals surface area contributed by atoms with Crippen molar-refractivity contribution in [2.75, 3.05) is 13.1 Å². The van der Waals surface area contributed by atoms with E-state index >= 15 is 0 Å². The molecule has 0 aliphatic carbocycles. The van der Waals surface area contributed by atoms with Gasteiger partial charge in [-0.25, -0.2) is 0 Å². The maximum Gasteiger partial charge on any atom is 0.0628 e. The molecule has 1 fully saturated rings. The smallest absolute Gasteiger partial charge is 0.0628 e. The van der Waals surface area contributed by atoms with Crippen LogP contribution < -0.4 is 5.32 Å². The summed E-state index contributed by atoms with van der Waals surface area (Å²) in [7, 11) is 0. The topological polar surface area (TPSA) is 29.9 Å². The van der Waals surface area contributed by atoms with Crippen LogP contribution in [-0.4, -0.2) is 22.9 Å². The lowest BCUT2D eigenvalue weighted by Crippen LogP contribution is -2.30. The number of hydrogen-bond donors (Lipinski definition) is 1. The third-order valence-corrected chi connectivity index (χ3v) is 4.03. The molecule has 0 amide bonds. The number of nitrogens with one attached hydrogen (secondary N) is 1. The van der Waals surface area contributed by atoms with Gasteiger partial charge in [0.15, 0.2) is 0 Å². The lowest BCUT2D eigenvalue weighted by molar-refractivity contribution is 0.334. The van der Waals surface area contributed by atoms with Crippen molar-refractivity contribution in [1.82, 2.24) is 15.1 Å². The molecule has 1 aliphatic heterocycles. The summed E-state index contributed by atoms with van der Waals surface area (Å²) in [5.41, 5.74) is 4.02. The van der Waals surface area contributed by atoms with E-state index < -0.39 is 0 Å². The predicted octanol–water partition coefficient (Wildman–Crippen LogP) is 2.45. The summed E-state index contributed by atoms with van der Waals surface area (Å²) in [4.78, 5) is 0. The van der Waals surface area contributed by atoms with Crippen molar-refractivity contribution < 1.29 is 0 Å². The molecule has 1 saturated heterocycles. The molecule has 0 radical (unpaired) electrons. The minimum absolute atomic E-state index is 0.845. The van der Waals surface area contributed by atoms with Gasteiger partial charge in [0.25, 0.3) is 0 Å². The molecule has 0 bridgehead atoms. The lowest BCUT2D eigenvalue weighted by Gasteiger charge is -2.22. The standard InChI is InChI=1S/C14H25N3/c1-4-14-11(2)16-17(12(14)3)9-7-13-6-5-8-15-10-13/h13,15H,4-10H2,1-3H3. The fourth-order valence-corrected chi connectivity index (χ4v) is 2.94. The van der Waals surface area contributed by atoms with Gasteiger partial charge < -0.3 is 5.32 Å². The zero-order valence-corrected chi connectivity index (χ0v) is 11.4. The van der Waals surface area contributed by atoms with Crippen molar-refractivity contribution in [1.29, 1.82) is 0 Å². The average Bonchev–Trinajstić information content (AvgIpc) is 2.63. The van der Waals surface area contributed by atoms with Gasteiger partial charge in [-0.1, -0.05) is 6.92 Å². The number of nitrogens with zero attached hydrogens (tertiary/aromatic N) is 2. The Labute approximate surface area is 105 Å². The summed E-state index contributed by atoms with van der Waals surface area (Å²) in [6.45, 7) is 10.0. The van der Waals surface area contributed by atoms with Gasteiger partial charge in [-0.05, 0) is 64.1 Å². The molecule has 1 N–H and O–H groups in total. The van der Waals surface area contributed by atoms with Crippen LogP contribution in [0.3, 0.4) is 0 Å². The highest BCUT2D eigenvalue weighted by molar-refractivity contribution is 5.24. The second kappa shape index (κ2) is 5.67. The summed E-state index contributed by atoms with van der Waals surface area (Å²) >= 11 is 0. The SMILES string of the molecule is CCc1c(C)nn(CCC2CCCNC2)c1C. The van der Waals surface area contributed by atoms with Crippen LogP contribution in [0.4, 0.5) is 0 Å². The molecule has 3 heteroatoms. The molecule has 2 rings (SSSR count). The lowest BCUT2D eigenvalue weighted by atomic mass is 9.96. The molecule has 0 spiro atoms. The van der Waals surface area contributed by atoms with Crippen LogP contribution in [0.1, 0.15) is 43.1 Å². The molecule has 3 nitrogen and oxygen atoms in total. The predicted molar refractivity (Wildman–Crippen MR) is 71.3 cm³/mol. The second-order valence-electron chi connectivity index (χ2n) is 5.23. The van der Waals surface area contributed by atoms with Gasteiger partial charge >= 0.3 is 0 Å². The fraction of sp³-hybridized carbons (Fsp3) is 0.786. The zero-order valence-electron chi connectivity index (χ0n) is 11.4. The minimum Gasteiger partial charge on any atom is -0.316 e. The summed E-state index contributed by atoms with van der Waals surface area (Å²) < 4.78 is 2.21. The normalized spacial score (nSPS) is 20.8. The van der Waals surface area contributed by atoms with Crippen LogP contribution >= 0.6 is 0 Å². The van der Waals surface area contributed by atoms with Crippen molar-refractivity contribution >= 4 is 0 Å². The number of piperidine rings is 1. The zero-order chi connectivity index (χ0) is 12.3. The van der Waals surface area contributed by atoms with Crippen LogP contribution in [0.2, 0.25) is 0 Å². The molecule has 1 aromatic rings. The van der Waals surface area contributed by atoms with E-state index in [1.807, 2.05) is 0 Å². The summed E-state index contributed by atoms with van der Waals surface area (Å²) in [6, 6.07) is 0. The largest absolute Gasteiger partial charge is 0.316 e. The average molecular weight is 235 g/mol. The quantitative estimate of drug-likeness (QED) is 0.869. The van der Waals surface area contributed by atoms with E-state index in [1.165, 1.54) is 49.3 Å². The number of hydrogen-bond acceptors (Lipinski definition) is 2. The molecule has 1 atom stereocenters. The van der Waals surface area contributed by atoms with Gasteiger partial charge in [-0.3, -0.25) is 4.68 Å². The highest BCUT2D eigenvalue weighted by Gasteiger charge is 2.14. The van der Waals surface area contributed by atoms with E-state index in [-0.39, 0.29) is 0 Å². The van der Waals surface area contributed by atoms with E-state index in [4.69, 9.17) is 0 Å². The van der Waals surface area contributed by atoms with Gasteiger partial charge in [0, 0.05) is 12.2 Å². The first-order valence-corrected chi connectivity index (χ1v) is 6.96. The molecular formula is C14H25N3. The molecule has 0 saturated carbocycles. The number of rotatable bonds is 4. The van der Waals surface area contributed by atoms with Crippen LogP contribution in [0.15, 0.2) is 0 Å². The number of aryl methyl sites for hydroxylation is 2. The monoisotopic (exact) mass is 235 g/mol. The highest BCUT2D eigenvalue weighted by Crippen LogP contribution is 2.18. The summed E-state index contributed by atoms with van der Waals surface area (Å²) in [5, 5.41) is 8.15. The van der Waals surface area contributed by atoms with Crippen molar-refractivity contribution in [3.63, 3.8) is 0 Å². The van der Waals surface area contributed by atoms with Gasteiger partial charge in [-0.2, -0.15) is 5.10 Å². The maximum atomic E-state index is 4.66. The Balaban J connectivity index is 1.94. The molecule has 1 aromatic heterocycles. The number of aromatic nitrogens is 2. The Bertz CT molecular complexity index is 362. The minimum atomic E-state index is 0.845. The molecular weight excluding hydrogens is 210 g/mol. The first kappa shape index (κ1) is 12.6. The fourth-order valence-electron chi connectivity index (χ4n) is 2.94. The van der Waals surface area contributed by atoms with E-state index in [0.717, 1.165) is 18.9 Å². The summed E-state index contributed by atoms with van der Waals surface area (Å²) in [6.07, 6.45) is 5.08. The summed E-state index contributed by atoms with van der Waals surface area (Å²) in [5.74, 6) is 0.845. The first-order chi connectivity index (χ1) is 8.22. The van der Waals surface area contributed by atoms with E-state index in [2.05, 4.69) is 35.9 Å². The Morgan fingerprint density at radius 1 is 1.41 bits per heavy atom. The van der Waals surface area contributed by atoms with Crippen LogP contribution in [-0.2, 0) is 13.0 Å². The van der Waals surface area contributed by atoms with Crippen molar-refractivity contribution in [2.24, 2.45) is 5.92 Å². The molecule has 1 aliphatic rings. The first-order valence-electron chi connectivity index (χ1n) is 6.96. The van der Waals surface area contributed by atoms with E-state index in [9.17, 15) is 0 Å². The van der Waals surface area contributed by atoms with Crippen LogP contribution in [0, 0.1) is 19.8 Å². The van der Waals surface area contributed by atoms with Gasteiger partial charge in [0.1, 0.15) is 0 Å². The van der Waals surface area contributed by atoms with E-state index in [1.54, 1.807) is 0 Å². The van der Waals surface area contributed by atoms with E-state index in [0.29, 0.717) is 0 Å². The Morgan fingerprint density at radius 3 is 2.82 bits per heavy atom. The van der Waals surface area contributed by atoms with Crippen molar-refractivity contribution in [3.05, 3.63) is 17.0 Å².